The molecule has 180 valence electrons. The Labute approximate surface area is 193 Å². The molecular formula is C24H40N2O5Si. The van der Waals surface area contributed by atoms with Crippen LogP contribution < -0.4 is 5.32 Å². The number of methoxy groups -OCH3 is 1. The van der Waals surface area contributed by atoms with E-state index < -0.39 is 8.32 Å². The van der Waals surface area contributed by atoms with Crippen LogP contribution in [0, 0.1) is 16.0 Å². The van der Waals surface area contributed by atoms with Crippen molar-refractivity contribution in [1.29, 1.82) is 0 Å². The van der Waals surface area contributed by atoms with Crippen molar-refractivity contribution in [2.45, 2.75) is 96.5 Å². The van der Waals surface area contributed by atoms with Crippen molar-refractivity contribution >= 4 is 25.7 Å². The normalized spacial score (nSPS) is 19.4. The van der Waals surface area contributed by atoms with Gasteiger partial charge in [0.2, 0.25) is 8.32 Å². The van der Waals surface area contributed by atoms with Gasteiger partial charge < -0.3 is 14.5 Å². The molecule has 1 saturated carbocycles. The lowest BCUT2D eigenvalue weighted by molar-refractivity contribution is -0.384. The Kier molecular flexibility index (Phi) is 9.27. The molecule has 1 aromatic rings. The lowest BCUT2D eigenvalue weighted by Gasteiger charge is -2.42. The van der Waals surface area contributed by atoms with Gasteiger partial charge in [-0.2, -0.15) is 0 Å². The maximum atomic E-state index is 11.8. The second kappa shape index (κ2) is 11.3. The van der Waals surface area contributed by atoms with E-state index in [0.29, 0.717) is 28.9 Å². The van der Waals surface area contributed by atoms with Crippen LogP contribution in [-0.2, 0) is 20.6 Å². The van der Waals surface area contributed by atoms with Crippen LogP contribution in [0.25, 0.3) is 0 Å². The van der Waals surface area contributed by atoms with E-state index in [4.69, 9.17) is 9.16 Å². The third-order valence-corrected chi connectivity index (χ3v) is 13.1. The van der Waals surface area contributed by atoms with E-state index in [1.54, 1.807) is 12.1 Å². The first-order valence-corrected chi connectivity index (χ1v) is 13.9. The number of nitrogens with zero attached hydrogens (tertiary/aromatic N) is 1. The topological polar surface area (TPSA) is 90.7 Å². The Balaban J connectivity index is 2.18. The molecule has 1 aliphatic carbocycles. The third kappa shape index (κ3) is 5.89. The summed E-state index contributed by atoms with van der Waals surface area (Å²) in [5.41, 5.74) is 2.97. The SMILES string of the molecule is COC(=O)C1CCC(Nc2cc(CO[Si](C(C)C)(C(C)C)C(C)C)ccc2[N+](=O)[O-])CC1. The molecule has 0 radical (unpaired) electrons. The predicted molar refractivity (Wildman–Crippen MR) is 130 cm³/mol. The van der Waals surface area contributed by atoms with E-state index >= 15 is 0 Å². The standard InChI is InChI=1S/C24H40N2O5Si/c1-16(2)32(17(3)4,18(5)6)31-15-19-8-13-23(26(28)29)22(14-19)25-21-11-9-20(10-12-21)24(27)30-7/h8,13-14,16-18,20-21,25H,9-12,15H2,1-7H3. The Bertz CT molecular complexity index is 767. The van der Waals surface area contributed by atoms with Gasteiger partial charge in [-0.1, -0.05) is 41.5 Å². The van der Waals surface area contributed by atoms with Gasteiger partial charge in [-0.05, 0) is 60.0 Å². The van der Waals surface area contributed by atoms with Crippen LogP contribution in [0.5, 0.6) is 0 Å². The van der Waals surface area contributed by atoms with Gasteiger partial charge in [0.15, 0.2) is 0 Å². The molecule has 1 fully saturated rings. The molecule has 0 spiro atoms. The van der Waals surface area contributed by atoms with Gasteiger partial charge in [0, 0.05) is 12.1 Å². The van der Waals surface area contributed by atoms with Gasteiger partial charge >= 0.3 is 5.97 Å². The third-order valence-electron chi connectivity index (χ3n) is 7.07. The molecule has 0 saturated heterocycles. The van der Waals surface area contributed by atoms with Gasteiger partial charge in [0.05, 0.1) is 24.6 Å². The molecule has 0 atom stereocenters. The Morgan fingerprint density at radius 1 is 1.09 bits per heavy atom. The molecule has 0 aromatic heterocycles. The highest BCUT2D eigenvalue weighted by atomic mass is 28.4. The molecule has 7 nitrogen and oxygen atoms in total. The van der Waals surface area contributed by atoms with Crippen LogP contribution >= 0.6 is 0 Å². The minimum atomic E-state index is -2.03. The summed E-state index contributed by atoms with van der Waals surface area (Å²) in [6, 6.07) is 5.34. The largest absolute Gasteiger partial charge is 0.469 e. The molecule has 0 unspecified atom stereocenters. The Morgan fingerprint density at radius 3 is 2.12 bits per heavy atom. The number of ether oxygens (including phenoxy) is 1. The molecule has 2 rings (SSSR count). The second-order valence-corrected chi connectivity index (χ2v) is 15.4. The fourth-order valence-electron chi connectivity index (χ4n) is 5.52. The van der Waals surface area contributed by atoms with E-state index in [2.05, 4.69) is 46.9 Å². The summed E-state index contributed by atoms with van der Waals surface area (Å²) in [5.74, 6) is -0.240. The summed E-state index contributed by atoms with van der Waals surface area (Å²) in [4.78, 5) is 23.0. The summed E-state index contributed by atoms with van der Waals surface area (Å²) >= 11 is 0. The van der Waals surface area contributed by atoms with E-state index in [-0.39, 0.29) is 28.5 Å². The number of nitro groups is 1. The highest BCUT2D eigenvalue weighted by Crippen LogP contribution is 2.43. The summed E-state index contributed by atoms with van der Waals surface area (Å²) < 4.78 is 11.5. The monoisotopic (exact) mass is 464 g/mol. The van der Waals surface area contributed by atoms with Crippen molar-refractivity contribution < 1.29 is 18.9 Å². The first kappa shape index (κ1) is 26.3. The molecule has 1 aromatic carbocycles. The lowest BCUT2D eigenvalue weighted by atomic mass is 9.86. The Hall–Kier alpha value is -1.93. The van der Waals surface area contributed by atoms with Crippen molar-refractivity contribution in [3.8, 4) is 0 Å². The van der Waals surface area contributed by atoms with Crippen molar-refractivity contribution in [1.82, 2.24) is 0 Å². The summed E-state index contributed by atoms with van der Waals surface area (Å²) in [6.07, 6.45) is 3.02. The van der Waals surface area contributed by atoms with Gasteiger partial charge in [-0.15, -0.1) is 0 Å². The molecule has 0 amide bonds. The number of benzene rings is 1. The number of anilines is 1. The van der Waals surface area contributed by atoms with E-state index in [9.17, 15) is 14.9 Å². The average molecular weight is 465 g/mol. The number of nitro benzene ring substituents is 1. The summed E-state index contributed by atoms with van der Waals surface area (Å²) in [6.45, 7) is 14.0. The summed E-state index contributed by atoms with van der Waals surface area (Å²) in [7, 11) is -0.610. The van der Waals surface area contributed by atoms with E-state index in [0.717, 1.165) is 31.2 Å². The van der Waals surface area contributed by atoms with Gasteiger partial charge in [0.25, 0.3) is 5.69 Å². The zero-order valence-electron chi connectivity index (χ0n) is 20.6. The van der Waals surface area contributed by atoms with Gasteiger partial charge in [0.1, 0.15) is 5.69 Å². The van der Waals surface area contributed by atoms with E-state index in [1.807, 2.05) is 6.07 Å². The van der Waals surface area contributed by atoms with E-state index in [1.165, 1.54) is 7.11 Å². The van der Waals surface area contributed by atoms with Crippen LogP contribution in [0.3, 0.4) is 0 Å². The summed E-state index contributed by atoms with van der Waals surface area (Å²) in [5, 5.41) is 15.0. The van der Waals surface area contributed by atoms with Crippen LogP contribution in [-0.4, -0.2) is 32.4 Å². The predicted octanol–water partition coefficient (Wildman–Crippen LogP) is 6.43. The number of carbonyl (C=O) groups is 1. The maximum absolute atomic E-state index is 11.8. The van der Waals surface area contributed by atoms with Gasteiger partial charge in [-0.3, -0.25) is 14.9 Å². The second-order valence-electron chi connectivity index (χ2n) is 9.93. The molecule has 32 heavy (non-hydrogen) atoms. The Morgan fingerprint density at radius 2 is 1.66 bits per heavy atom. The minimum Gasteiger partial charge on any atom is -0.469 e. The van der Waals surface area contributed by atoms with Crippen LogP contribution in [0.1, 0.15) is 72.8 Å². The van der Waals surface area contributed by atoms with Crippen molar-refractivity contribution in [2.24, 2.45) is 5.92 Å². The van der Waals surface area contributed by atoms with Gasteiger partial charge in [-0.25, -0.2) is 0 Å². The first-order valence-electron chi connectivity index (χ1n) is 11.8. The number of carbonyl (C=O) groups excluding carboxylic acids is 1. The highest BCUT2D eigenvalue weighted by molar-refractivity contribution is 6.77. The van der Waals surface area contributed by atoms with Crippen molar-refractivity contribution in [3.05, 3.63) is 33.9 Å². The quantitative estimate of drug-likeness (QED) is 0.186. The molecule has 8 heteroatoms. The number of nitrogens with one attached hydrogen (secondary N) is 1. The molecule has 1 aliphatic rings. The minimum absolute atomic E-state index is 0.0731. The zero-order valence-corrected chi connectivity index (χ0v) is 21.6. The van der Waals surface area contributed by atoms with Crippen LogP contribution in [0.2, 0.25) is 16.6 Å². The fourth-order valence-corrected chi connectivity index (χ4v) is 10.9. The van der Waals surface area contributed by atoms with Crippen LogP contribution in [0.4, 0.5) is 11.4 Å². The molecule has 0 aliphatic heterocycles. The smallest absolute Gasteiger partial charge is 0.308 e. The maximum Gasteiger partial charge on any atom is 0.308 e. The molecule has 0 heterocycles. The molecule has 0 bridgehead atoms. The zero-order chi connectivity index (χ0) is 24.1. The highest BCUT2D eigenvalue weighted by Gasteiger charge is 2.45. The lowest BCUT2D eigenvalue weighted by Crippen LogP contribution is -2.47. The molecular weight excluding hydrogens is 424 g/mol. The fraction of sp³-hybridized carbons (Fsp3) is 0.708. The average Bonchev–Trinajstić information content (AvgIpc) is 2.73. The number of hydrogen-bond donors (Lipinski definition) is 1. The first-order chi connectivity index (χ1) is 15.0. The van der Waals surface area contributed by atoms with Crippen molar-refractivity contribution in [2.75, 3.05) is 12.4 Å². The number of esters is 1. The number of hydrogen-bond acceptors (Lipinski definition) is 6. The van der Waals surface area contributed by atoms with Crippen LogP contribution in [0.15, 0.2) is 18.2 Å². The number of rotatable bonds is 10. The van der Waals surface area contributed by atoms with Crippen molar-refractivity contribution in [3.63, 3.8) is 0 Å². The molecule has 1 N–H and O–H groups in total.